The molecule has 1 N–H and O–H groups in total. The second-order valence-corrected chi connectivity index (χ2v) is 6.43. The molecule has 0 bridgehead atoms. The second-order valence-electron chi connectivity index (χ2n) is 6.43. The van der Waals surface area contributed by atoms with Gasteiger partial charge >= 0.3 is 0 Å². The van der Waals surface area contributed by atoms with Gasteiger partial charge in [0, 0.05) is 12.0 Å². The molecular weight excluding hydrogens is 308 g/mol. The lowest BCUT2D eigenvalue weighted by molar-refractivity contribution is -0.121. The van der Waals surface area contributed by atoms with Crippen LogP contribution in [-0.4, -0.2) is 12.1 Å². The van der Waals surface area contributed by atoms with E-state index in [1.807, 2.05) is 30.3 Å². The Hall–Kier alpha value is -2.94. The molecule has 3 heteroatoms. The zero-order valence-electron chi connectivity index (χ0n) is 14.0. The third-order valence-corrected chi connectivity index (χ3v) is 4.79. The first-order valence-electron chi connectivity index (χ1n) is 8.70. The highest BCUT2D eigenvalue weighted by atomic mass is 16.2. The van der Waals surface area contributed by atoms with Gasteiger partial charge in [0.15, 0.2) is 0 Å². The molecule has 3 nitrogen and oxygen atoms in total. The smallest absolute Gasteiger partial charge is 0.240 e. The highest BCUT2D eigenvalue weighted by molar-refractivity contribution is 6.03. The van der Waals surface area contributed by atoms with Crippen molar-refractivity contribution < 1.29 is 4.79 Å². The Morgan fingerprint density at radius 1 is 0.960 bits per heavy atom. The van der Waals surface area contributed by atoms with Gasteiger partial charge in [0.2, 0.25) is 5.91 Å². The first-order chi connectivity index (χ1) is 12.3. The Bertz CT molecular complexity index is 935. The van der Waals surface area contributed by atoms with Crippen LogP contribution in [0.3, 0.4) is 0 Å². The van der Waals surface area contributed by atoms with E-state index in [0.717, 1.165) is 30.4 Å². The largest absolute Gasteiger partial charge is 0.273 e. The number of hydrazone groups is 1. The van der Waals surface area contributed by atoms with E-state index in [2.05, 4.69) is 40.9 Å². The summed E-state index contributed by atoms with van der Waals surface area (Å²) < 4.78 is 0. The number of benzene rings is 3. The molecule has 0 spiro atoms. The van der Waals surface area contributed by atoms with Crippen LogP contribution in [-0.2, 0) is 24.1 Å². The molecule has 0 heterocycles. The van der Waals surface area contributed by atoms with Gasteiger partial charge in [0.25, 0.3) is 0 Å². The van der Waals surface area contributed by atoms with Crippen LogP contribution in [0.25, 0.3) is 10.8 Å². The number of aryl methyl sites for hydroxylation is 3. The van der Waals surface area contributed by atoms with Crippen molar-refractivity contribution in [2.45, 2.75) is 25.7 Å². The molecule has 0 aromatic heterocycles. The molecule has 0 saturated heterocycles. The van der Waals surface area contributed by atoms with Gasteiger partial charge in [-0.05, 0) is 46.7 Å². The van der Waals surface area contributed by atoms with Gasteiger partial charge in [0.05, 0.1) is 6.21 Å². The number of amides is 1. The summed E-state index contributed by atoms with van der Waals surface area (Å²) in [4.78, 5) is 12.0. The molecule has 0 saturated carbocycles. The number of hydrogen-bond acceptors (Lipinski definition) is 2. The summed E-state index contributed by atoms with van der Waals surface area (Å²) in [7, 11) is 0. The van der Waals surface area contributed by atoms with E-state index in [1.165, 1.54) is 21.9 Å². The van der Waals surface area contributed by atoms with Crippen LogP contribution in [0.2, 0.25) is 0 Å². The minimum atomic E-state index is -0.0639. The van der Waals surface area contributed by atoms with Crippen LogP contribution in [0.1, 0.15) is 28.7 Å². The average Bonchev–Trinajstić information content (AvgIpc) is 3.08. The van der Waals surface area contributed by atoms with E-state index in [-0.39, 0.29) is 5.91 Å². The van der Waals surface area contributed by atoms with Gasteiger partial charge < -0.3 is 0 Å². The van der Waals surface area contributed by atoms with Crippen molar-refractivity contribution in [1.82, 2.24) is 5.43 Å². The lowest BCUT2D eigenvalue weighted by Gasteiger charge is -2.05. The third kappa shape index (κ3) is 3.31. The molecule has 0 atom stereocenters. The normalized spacial score (nSPS) is 12.8. The van der Waals surface area contributed by atoms with E-state index < -0.39 is 0 Å². The highest BCUT2D eigenvalue weighted by Gasteiger charge is 2.14. The minimum Gasteiger partial charge on any atom is -0.273 e. The van der Waals surface area contributed by atoms with Gasteiger partial charge in [-0.2, -0.15) is 5.10 Å². The Balaban J connectivity index is 1.43. The lowest BCUT2D eigenvalue weighted by atomic mass is 10.0. The number of nitrogens with one attached hydrogen (secondary N) is 1. The van der Waals surface area contributed by atoms with Crippen LogP contribution in [0.5, 0.6) is 0 Å². The molecule has 0 aliphatic heterocycles. The number of carbonyl (C=O) groups excluding carboxylic acids is 1. The van der Waals surface area contributed by atoms with Crippen LogP contribution in [0.15, 0.2) is 65.8 Å². The summed E-state index contributed by atoms with van der Waals surface area (Å²) in [6.45, 7) is 0. The van der Waals surface area contributed by atoms with Crippen LogP contribution in [0.4, 0.5) is 0 Å². The summed E-state index contributed by atoms with van der Waals surface area (Å²) in [6, 6.07) is 20.7. The third-order valence-electron chi connectivity index (χ3n) is 4.79. The molecule has 0 fully saturated rings. The SMILES string of the molecule is O=C(CCc1ccccc1)N/N=C\c1ccc2c3c(cccc13)CC2. The highest BCUT2D eigenvalue weighted by Crippen LogP contribution is 2.32. The monoisotopic (exact) mass is 328 g/mol. The van der Waals surface area contributed by atoms with Gasteiger partial charge in [0.1, 0.15) is 0 Å². The van der Waals surface area contributed by atoms with Gasteiger partial charge in [-0.25, -0.2) is 5.43 Å². The van der Waals surface area contributed by atoms with Crippen molar-refractivity contribution in [3.63, 3.8) is 0 Å². The molecule has 3 aromatic carbocycles. The van der Waals surface area contributed by atoms with E-state index in [9.17, 15) is 4.79 Å². The van der Waals surface area contributed by atoms with E-state index in [0.29, 0.717) is 6.42 Å². The zero-order chi connectivity index (χ0) is 17.1. The molecule has 1 amide bonds. The fourth-order valence-electron chi connectivity index (χ4n) is 3.51. The molecule has 3 aromatic rings. The minimum absolute atomic E-state index is 0.0639. The quantitative estimate of drug-likeness (QED) is 0.558. The van der Waals surface area contributed by atoms with Gasteiger partial charge in [-0.15, -0.1) is 0 Å². The molecule has 1 aliphatic rings. The molecule has 0 unspecified atom stereocenters. The maximum absolute atomic E-state index is 12.0. The summed E-state index contributed by atoms with van der Waals surface area (Å²) >= 11 is 0. The average molecular weight is 328 g/mol. The molecule has 124 valence electrons. The van der Waals surface area contributed by atoms with Crippen molar-refractivity contribution >= 4 is 22.9 Å². The van der Waals surface area contributed by atoms with E-state index >= 15 is 0 Å². The van der Waals surface area contributed by atoms with Crippen molar-refractivity contribution in [3.8, 4) is 0 Å². The summed E-state index contributed by atoms with van der Waals surface area (Å²) in [5, 5.41) is 6.74. The van der Waals surface area contributed by atoms with Crippen LogP contribution in [0, 0.1) is 0 Å². The number of rotatable bonds is 5. The molecule has 1 aliphatic carbocycles. The molecule has 4 rings (SSSR count). The van der Waals surface area contributed by atoms with Crippen LogP contribution < -0.4 is 5.43 Å². The Morgan fingerprint density at radius 3 is 2.60 bits per heavy atom. The van der Waals surface area contributed by atoms with Crippen molar-refractivity contribution in [2.75, 3.05) is 0 Å². The summed E-state index contributed by atoms with van der Waals surface area (Å²) in [6.07, 6.45) is 5.14. The van der Waals surface area contributed by atoms with E-state index in [4.69, 9.17) is 0 Å². The number of carbonyl (C=O) groups is 1. The maximum atomic E-state index is 12.0. The summed E-state index contributed by atoms with van der Waals surface area (Å²) in [5.41, 5.74) is 7.67. The Kier molecular flexibility index (Phi) is 4.30. The first kappa shape index (κ1) is 15.6. The summed E-state index contributed by atoms with van der Waals surface area (Å²) in [5.74, 6) is -0.0639. The molecular formula is C22H20N2O. The lowest BCUT2D eigenvalue weighted by Crippen LogP contribution is -2.17. The standard InChI is InChI=1S/C22H20N2O/c25-21(14-9-16-5-2-1-3-6-16)24-23-15-19-13-12-18-11-10-17-7-4-8-20(19)22(17)18/h1-8,12-13,15H,9-11,14H2,(H,24,25)/b23-15-. The van der Waals surface area contributed by atoms with Crippen LogP contribution >= 0.6 is 0 Å². The first-order valence-corrected chi connectivity index (χ1v) is 8.70. The second kappa shape index (κ2) is 6.89. The van der Waals surface area contributed by atoms with Crippen molar-refractivity contribution in [3.05, 3.63) is 82.9 Å². The van der Waals surface area contributed by atoms with Crippen molar-refractivity contribution in [2.24, 2.45) is 5.10 Å². The zero-order valence-corrected chi connectivity index (χ0v) is 14.0. The molecule has 0 radical (unpaired) electrons. The van der Waals surface area contributed by atoms with Gasteiger partial charge in [-0.3, -0.25) is 4.79 Å². The molecule has 25 heavy (non-hydrogen) atoms. The van der Waals surface area contributed by atoms with Gasteiger partial charge in [-0.1, -0.05) is 60.7 Å². The van der Waals surface area contributed by atoms with Crippen molar-refractivity contribution in [1.29, 1.82) is 0 Å². The Labute approximate surface area is 147 Å². The number of nitrogens with zero attached hydrogens (tertiary/aromatic N) is 1. The maximum Gasteiger partial charge on any atom is 0.240 e. The fourth-order valence-corrected chi connectivity index (χ4v) is 3.51. The Morgan fingerprint density at radius 2 is 1.76 bits per heavy atom. The van der Waals surface area contributed by atoms with E-state index in [1.54, 1.807) is 6.21 Å². The fraction of sp³-hybridized carbons (Fsp3) is 0.182. The topological polar surface area (TPSA) is 41.5 Å². The number of hydrogen-bond donors (Lipinski definition) is 1. The predicted molar refractivity (Wildman–Crippen MR) is 102 cm³/mol. The predicted octanol–water partition coefficient (Wildman–Crippen LogP) is 4.02.